The highest BCUT2D eigenvalue weighted by Crippen LogP contribution is 2.10. The number of hydrogen-bond donors (Lipinski definition) is 1. The molecule has 0 aliphatic heterocycles. The van der Waals surface area contributed by atoms with Gasteiger partial charge in [0.2, 0.25) is 0 Å². The van der Waals surface area contributed by atoms with Crippen molar-refractivity contribution in [2.75, 3.05) is 0 Å². The molecule has 1 aromatic rings. The standard InChI is InChI=1S/C10H15ClN2/c1-2-3-9(12)7-10-6-8(11)4-5-13-10/h4-6,9H,2-3,7,12H2,1H3. The number of hydrogen-bond acceptors (Lipinski definition) is 2. The van der Waals surface area contributed by atoms with Crippen molar-refractivity contribution in [2.45, 2.75) is 32.2 Å². The van der Waals surface area contributed by atoms with Gasteiger partial charge >= 0.3 is 0 Å². The average Bonchev–Trinajstić information content (AvgIpc) is 2.04. The Hall–Kier alpha value is -0.600. The van der Waals surface area contributed by atoms with Crippen LogP contribution in [0.1, 0.15) is 25.5 Å². The molecule has 1 aromatic heterocycles. The molecule has 72 valence electrons. The van der Waals surface area contributed by atoms with Crippen LogP contribution in [0.25, 0.3) is 0 Å². The van der Waals surface area contributed by atoms with Gasteiger partial charge in [-0.3, -0.25) is 4.98 Å². The maximum atomic E-state index is 5.88. The second-order valence-electron chi connectivity index (χ2n) is 3.22. The average molecular weight is 199 g/mol. The first-order valence-electron chi connectivity index (χ1n) is 4.58. The number of aromatic nitrogens is 1. The van der Waals surface area contributed by atoms with Gasteiger partial charge in [-0.25, -0.2) is 0 Å². The highest BCUT2D eigenvalue weighted by atomic mass is 35.5. The summed E-state index contributed by atoms with van der Waals surface area (Å²) >= 11 is 5.82. The molecule has 0 fully saturated rings. The van der Waals surface area contributed by atoms with Gasteiger partial charge in [-0.05, 0) is 18.6 Å². The van der Waals surface area contributed by atoms with E-state index in [1.165, 1.54) is 0 Å². The molecule has 1 heterocycles. The third kappa shape index (κ3) is 3.75. The van der Waals surface area contributed by atoms with E-state index in [1.807, 2.05) is 6.07 Å². The molecular formula is C10H15ClN2. The highest BCUT2D eigenvalue weighted by molar-refractivity contribution is 6.30. The van der Waals surface area contributed by atoms with Crippen LogP contribution in [0.3, 0.4) is 0 Å². The summed E-state index contributed by atoms with van der Waals surface area (Å²) in [6.45, 7) is 2.13. The van der Waals surface area contributed by atoms with Gasteiger partial charge in [0, 0.05) is 29.4 Å². The van der Waals surface area contributed by atoms with E-state index in [1.54, 1.807) is 12.3 Å². The molecule has 2 nitrogen and oxygen atoms in total. The minimum Gasteiger partial charge on any atom is -0.327 e. The zero-order valence-corrected chi connectivity index (χ0v) is 8.59. The zero-order valence-electron chi connectivity index (χ0n) is 7.83. The molecule has 0 amide bonds. The Morgan fingerprint density at radius 2 is 2.38 bits per heavy atom. The van der Waals surface area contributed by atoms with Crippen molar-refractivity contribution in [1.82, 2.24) is 4.98 Å². The van der Waals surface area contributed by atoms with E-state index in [4.69, 9.17) is 17.3 Å². The molecule has 0 saturated heterocycles. The van der Waals surface area contributed by atoms with Gasteiger partial charge in [-0.1, -0.05) is 24.9 Å². The lowest BCUT2D eigenvalue weighted by Gasteiger charge is -2.08. The molecule has 0 aliphatic carbocycles. The predicted molar refractivity (Wildman–Crippen MR) is 55.8 cm³/mol. The Kier molecular flexibility index (Phi) is 4.19. The fourth-order valence-corrected chi connectivity index (χ4v) is 1.48. The van der Waals surface area contributed by atoms with Gasteiger partial charge < -0.3 is 5.73 Å². The van der Waals surface area contributed by atoms with E-state index < -0.39 is 0 Å². The highest BCUT2D eigenvalue weighted by Gasteiger charge is 2.03. The maximum Gasteiger partial charge on any atom is 0.0439 e. The molecule has 3 heteroatoms. The lowest BCUT2D eigenvalue weighted by Crippen LogP contribution is -2.22. The molecule has 1 rings (SSSR count). The molecule has 0 spiro atoms. The van der Waals surface area contributed by atoms with E-state index >= 15 is 0 Å². The Balaban J connectivity index is 2.53. The molecule has 13 heavy (non-hydrogen) atoms. The summed E-state index contributed by atoms with van der Waals surface area (Å²) in [4.78, 5) is 4.20. The first-order chi connectivity index (χ1) is 6.22. The minimum absolute atomic E-state index is 0.205. The van der Waals surface area contributed by atoms with Gasteiger partial charge in [0.25, 0.3) is 0 Å². The second kappa shape index (κ2) is 5.20. The van der Waals surface area contributed by atoms with Crippen LogP contribution in [0.15, 0.2) is 18.3 Å². The SMILES string of the molecule is CCCC(N)Cc1cc(Cl)ccn1. The van der Waals surface area contributed by atoms with Crippen molar-refractivity contribution >= 4 is 11.6 Å². The lowest BCUT2D eigenvalue weighted by atomic mass is 10.1. The molecule has 1 atom stereocenters. The zero-order chi connectivity index (χ0) is 9.68. The predicted octanol–water partition coefficient (Wildman–Crippen LogP) is 2.40. The van der Waals surface area contributed by atoms with Gasteiger partial charge in [-0.15, -0.1) is 0 Å². The van der Waals surface area contributed by atoms with Crippen molar-refractivity contribution in [2.24, 2.45) is 5.73 Å². The van der Waals surface area contributed by atoms with Gasteiger partial charge in [0.1, 0.15) is 0 Å². The van der Waals surface area contributed by atoms with Gasteiger partial charge in [-0.2, -0.15) is 0 Å². The maximum absolute atomic E-state index is 5.88. The fraction of sp³-hybridized carbons (Fsp3) is 0.500. The van der Waals surface area contributed by atoms with Crippen molar-refractivity contribution < 1.29 is 0 Å². The van der Waals surface area contributed by atoms with Crippen molar-refractivity contribution in [1.29, 1.82) is 0 Å². The number of nitrogens with two attached hydrogens (primary N) is 1. The van der Waals surface area contributed by atoms with Crippen molar-refractivity contribution in [3.8, 4) is 0 Å². The van der Waals surface area contributed by atoms with Crippen LogP contribution in [-0.2, 0) is 6.42 Å². The summed E-state index contributed by atoms with van der Waals surface area (Å²) < 4.78 is 0. The molecule has 0 bridgehead atoms. The van der Waals surface area contributed by atoms with E-state index in [9.17, 15) is 0 Å². The Morgan fingerprint density at radius 1 is 1.62 bits per heavy atom. The Labute approximate surface area is 84.1 Å². The third-order valence-electron chi connectivity index (χ3n) is 1.91. The monoisotopic (exact) mass is 198 g/mol. The first kappa shape index (κ1) is 10.5. The van der Waals surface area contributed by atoms with Crippen LogP contribution in [-0.4, -0.2) is 11.0 Å². The summed E-state index contributed by atoms with van der Waals surface area (Å²) in [5.41, 5.74) is 6.86. The number of rotatable bonds is 4. The molecular weight excluding hydrogens is 184 g/mol. The molecule has 0 aliphatic rings. The van der Waals surface area contributed by atoms with E-state index in [0.717, 1.165) is 30.0 Å². The minimum atomic E-state index is 0.205. The Morgan fingerprint density at radius 3 is 3.00 bits per heavy atom. The summed E-state index contributed by atoms with van der Waals surface area (Å²) in [7, 11) is 0. The second-order valence-corrected chi connectivity index (χ2v) is 3.65. The molecule has 0 aromatic carbocycles. The largest absolute Gasteiger partial charge is 0.327 e. The summed E-state index contributed by atoms with van der Waals surface area (Å²) in [6, 6.07) is 3.85. The fourth-order valence-electron chi connectivity index (χ4n) is 1.30. The van der Waals surface area contributed by atoms with E-state index in [-0.39, 0.29) is 6.04 Å². The van der Waals surface area contributed by atoms with Crippen LogP contribution < -0.4 is 5.73 Å². The normalized spacial score (nSPS) is 12.8. The van der Waals surface area contributed by atoms with Crippen molar-refractivity contribution in [3.05, 3.63) is 29.0 Å². The van der Waals surface area contributed by atoms with Crippen LogP contribution in [0.4, 0.5) is 0 Å². The lowest BCUT2D eigenvalue weighted by molar-refractivity contribution is 0.593. The third-order valence-corrected chi connectivity index (χ3v) is 2.14. The molecule has 1 unspecified atom stereocenters. The van der Waals surface area contributed by atoms with E-state index in [2.05, 4.69) is 11.9 Å². The van der Waals surface area contributed by atoms with Crippen LogP contribution in [0, 0.1) is 0 Å². The van der Waals surface area contributed by atoms with Crippen LogP contribution in [0.5, 0.6) is 0 Å². The topological polar surface area (TPSA) is 38.9 Å². The van der Waals surface area contributed by atoms with E-state index in [0.29, 0.717) is 0 Å². The van der Waals surface area contributed by atoms with Gasteiger partial charge in [0.05, 0.1) is 0 Å². The molecule has 0 radical (unpaired) electrons. The first-order valence-corrected chi connectivity index (χ1v) is 4.96. The summed E-state index contributed by atoms with van der Waals surface area (Å²) in [6.07, 6.45) is 4.68. The quantitative estimate of drug-likeness (QED) is 0.807. The number of pyridine rings is 1. The van der Waals surface area contributed by atoms with Crippen LogP contribution in [0.2, 0.25) is 5.02 Å². The molecule has 2 N–H and O–H groups in total. The van der Waals surface area contributed by atoms with Crippen molar-refractivity contribution in [3.63, 3.8) is 0 Å². The summed E-state index contributed by atoms with van der Waals surface area (Å²) in [5.74, 6) is 0. The number of nitrogens with zero attached hydrogens (tertiary/aromatic N) is 1. The van der Waals surface area contributed by atoms with Crippen LogP contribution >= 0.6 is 11.6 Å². The summed E-state index contributed by atoms with van der Waals surface area (Å²) in [5, 5.41) is 0.730. The van der Waals surface area contributed by atoms with Gasteiger partial charge in [0.15, 0.2) is 0 Å². The number of halogens is 1. The smallest absolute Gasteiger partial charge is 0.0439 e. The Bertz CT molecular complexity index is 263. The molecule has 0 saturated carbocycles.